The van der Waals surface area contributed by atoms with E-state index in [9.17, 15) is 39.9 Å². The van der Waals surface area contributed by atoms with E-state index in [0.717, 1.165) is 38.5 Å². The van der Waals surface area contributed by atoms with Crippen molar-refractivity contribution in [2.24, 2.45) is 17.8 Å². The van der Waals surface area contributed by atoms with Crippen LogP contribution in [0.4, 0.5) is 5.69 Å². The summed E-state index contributed by atoms with van der Waals surface area (Å²) in [7, 11) is 1.53. The number of carbonyl (C=O) groups is 3. The number of rotatable bonds is 13. The number of ether oxygens (including phenoxy) is 1. The maximum atomic E-state index is 13.1. The van der Waals surface area contributed by atoms with Crippen molar-refractivity contribution in [1.82, 2.24) is 15.1 Å². The minimum absolute atomic E-state index is 0.0150. The van der Waals surface area contributed by atoms with Crippen molar-refractivity contribution in [1.29, 1.82) is 0 Å². The van der Waals surface area contributed by atoms with Crippen LogP contribution in [0.25, 0.3) is 0 Å². The third-order valence-electron chi connectivity index (χ3n) is 11.3. The summed E-state index contributed by atoms with van der Waals surface area (Å²) in [5.41, 5.74) is 1.22. The second kappa shape index (κ2) is 24.5. The summed E-state index contributed by atoms with van der Waals surface area (Å²) in [4.78, 5) is 40.2. The molecule has 3 rings (SSSR count). The number of nitrogens with zero attached hydrogens (tertiary/aromatic N) is 2. The van der Waals surface area contributed by atoms with Gasteiger partial charge in [0.15, 0.2) is 11.4 Å². The average molecular weight is 779 g/mol. The second-order valence-electron chi connectivity index (χ2n) is 15.6. The van der Waals surface area contributed by atoms with Crippen LogP contribution in [0.3, 0.4) is 0 Å². The Balaban J connectivity index is 1.85. The van der Waals surface area contributed by atoms with Gasteiger partial charge in [-0.15, -0.1) is 0 Å². The van der Waals surface area contributed by atoms with Crippen LogP contribution in [0.2, 0.25) is 0 Å². The monoisotopic (exact) mass is 778 g/mol. The van der Waals surface area contributed by atoms with E-state index < -0.39 is 30.1 Å². The third kappa shape index (κ3) is 17.2. The Bertz CT molecular complexity index is 1310. The number of aliphatic hydroxyl groups is 2. The van der Waals surface area contributed by atoms with Crippen LogP contribution in [0.15, 0.2) is 18.2 Å². The number of β-amino-alcohol motifs (C(OH)–C–C–N with tert-alkyl or cyclic N) is 2. The maximum absolute atomic E-state index is 13.1. The van der Waals surface area contributed by atoms with Gasteiger partial charge in [-0.3, -0.25) is 24.2 Å². The predicted octanol–water partition coefficient (Wildman–Crippen LogP) is 5.74. The van der Waals surface area contributed by atoms with E-state index in [1.54, 1.807) is 6.07 Å². The van der Waals surface area contributed by atoms with Crippen LogP contribution >= 0.6 is 12.2 Å². The summed E-state index contributed by atoms with van der Waals surface area (Å²) in [5, 5.41) is 57.0. The highest BCUT2D eigenvalue weighted by molar-refractivity contribution is 7.80. The smallest absolute Gasteiger partial charge is 0.317 e. The first kappa shape index (κ1) is 45.4. The number of aliphatic hydroxyl groups excluding tert-OH is 1. The first-order valence-corrected chi connectivity index (χ1v) is 20.5. The summed E-state index contributed by atoms with van der Waals surface area (Å²) < 4.78 is 5.70. The summed E-state index contributed by atoms with van der Waals surface area (Å²) in [6, 6.07) is 5.73. The quantitative estimate of drug-likeness (QED) is 0.0948. The van der Waals surface area contributed by atoms with E-state index in [4.69, 9.17) is 17.0 Å². The van der Waals surface area contributed by atoms with Gasteiger partial charge in [0.05, 0.1) is 19.6 Å². The fourth-order valence-electron chi connectivity index (χ4n) is 8.29. The van der Waals surface area contributed by atoms with E-state index >= 15 is 0 Å². The highest BCUT2D eigenvalue weighted by Crippen LogP contribution is 2.38. The fourth-order valence-corrected chi connectivity index (χ4v) is 8.57. The number of benzene rings is 1. The highest BCUT2D eigenvalue weighted by Gasteiger charge is 2.31. The Morgan fingerprint density at radius 1 is 0.833 bits per heavy atom. The molecule has 0 bridgehead atoms. The molecular weight excluding hydrogens is 713 g/mol. The minimum atomic E-state index is -1.59. The molecule has 0 radical (unpaired) electrons. The van der Waals surface area contributed by atoms with Gasteiger partial charge in [0.2, 0.25) is 0 Å². The van der Waals surface area contributed by atoms with E-state index in [1.807, 2.05) is 21.9 Å². The molecule has 0 spiro atoms. The molecule has 1 saturated carbocycles. The number of nitrogens with one attached hydrogen (secondary N) is 2. The summed E-state index contributed by atoms with van der Waals surface area (Å²) in [5.74, 6) is -3.15. The Hall–Kier alpha value is -3.04. The third-order valence-corrected chi connectivity index (χ3v) is 11.6. The van der Waals surface area contributed by atoms with E-state index in [0.29, 0.717) is 80.0 Å². The number of carboxylic acid groups (broad SMARTS) is 3. The Kier molecular flexibility index (Phi) is 20.5. The fraction of sp³-hybridized carbons (Fsp3) is 0.750. The lowest BCUT2D eigenvalue weighted by Crippen LogP contribution is -2.42. The van der Waals surface area contributed by atoms with Crippen molar-refractivity contribution in [2.75, 3.05) is 51.7 Å². The van der Waals surface area contributed by atoms with Crippen LogP contribution in [-0.4, -0.2) is 117 Å². The zero-order valence-corrected chi connectivity index (χ0v) is 33.2. The first-order valence-electron chi connectivity index (χ1n) is 20.1. The van der Waals surface area contributed by atoms with Gasteiger partial charge in [0, 0.05) is 43.3 Å². The molecule has 0 amide bonds. The Morgan fingerprint density at radius 3 is 2.13 bits per heavy atom. The van der Waals surface area contributed by atoms with Crippen molar-refractivity contribution in [3.63, 3.8) is 0 Å². The van der Waals surface area contributed by atoms with Crippen LogP contribution in [0, 0.1) is 17.8 Å². The maximum Gasteiger partial charge on any atom is 0.317 e. The van der Waals surface area contributed by atoms with Crippen molar-refractivity contribution >= 4 is 40.9 Å². The number of hydrogen-bond acceptors (Lipinski definition) is 9. The molecule has 306 valence electrons. The molecule has 1 saturated heterocycles. The van der Waals surface area contributed by atoms with Crippen LogP contribution in [0.1, 0.15) is 121 Å². The van der Waals surface area contributed by atoms with E-state index in [2.05, 4.69) is 17.6 Å². The van der Waals surface area contributed by atoms with Crippen molar-refractivity contribution < 1.29 is 44.7 Å². The molecule has 1 heterocycles. The van der Waals surface area contributed by atoms with Gasteiger partial charge < -0.3 is 40.9 Å². The molecule has 4 atom stereocenters. The van der Waals surface area contributed by atoms with E-state index in [1.165, 1.54) is 39.2 Å². The van der Waals surface area contributed by atoms with Crippen LogP contribution < -0.4 is 15.4 Å². The van der Waals surface area contributed by atoms with Crippen LogP contribution in [0.5, 0.6) is 5.75 Å². The molecular formula is C40H66N4O9S. The molecule has 0 aromatic heterocycles. The molecule has 54 heavy (non-hydrogen) atoms. The van der Waals surface area contributed by atoms with Gasteiger partial charge in [0.25, 0.3) is 0 Å². The van der Waals surface area contributed by atoms with Gasteiger partial charge in [-0.1, -0.05) is 58.3 Å². The molecule has 1 aromatic carbocycles. The normalized spacial score (nSPS) is 23.1. The molecule has 1 aromatic rings. The number of aliphatic carboxylic acids is 3. The Morgan fingerprint density at radius 2 is 1.48 bits per heavy atom. The van der Waals surface area contributed by atoms with E-state index in [-0.39, 0.29) is 37.3 Å². The highest BCUT2D eigenvalue weighted by atomic mass is 32.1. The SMILES string of the molecule is COc1ccc(NC(=S)NC2CCCCCCC2)cc1C(CC1CCN(CC(O)O)CCN(CC(=O)O)CCC[C@@H](CC(=O)O)CCCCC1C)C(=O)O. The molecule has 14 heteroatoms. The zero-order chi connectivity index (χ0) is 39.5. The van der Waals surface area contributed by atoms with Gasteiger partial charge in [-0.25, -0.2) is 0 Å². The lowest BCUT2D eigenvalue weighted by molar-refractivity contribution is -0.140. The van der Waals surface area contributed by atoms with Crippen LogP contribution in [-0.2, 0) is 14.4 Å². The van der Waals surface area contributed by atoms with Crippen molar-refractivity contribution in [2.45, 2.75) is 128 Å². The summed E-state index contributed by atoms with van der Waals surface area (Å²) in [6.07, 6.45) is 12.3. The number of hydrogen-bond donors (Lipinski definition) is 7. The first-order chi connectivity index (χ1) is 25.8. The molecule has 1 aliphatic carbocycles. The largest absolute Gasteiger partial charge is 0.496 e. The molecule has 2 fully saturated rings. The van der Waals surface area contributed by atoms with Gasteiger partial charge in [0.1, 0.15) is 5.75 Å². The molecule has 3 unspecified atom stereocenters. The lowest BCUT2D eigenvalue weighted by Gasteiger charge is -2.32. The minimum Gasteiger partial charge on any atom is -0.496 e. The average Bonchev–Trinajstić information content (AvgIpc) is 3.08. The molecule has 2 aliphatic rings. The topological polar surface area (TPSA) is 192 Å². The predicted molar refractivity (Wildman–Crippen MR) is 213 cm³/mol. The number of carboxylic acids is 3. The molecule has 1 aliphatic heterocycles. The van der Waals surface area contributed by atoms with Gasteiger partial charge in [-0.05, 0) is 106 Å². The Labute approximate surface area is 326 Å². The number of methoxy groups -OCH3 is 1. The lowest BCUT2D eigenvalue weighted by atomic mass is 9.78. The van der Waals surface area contributed by atoms with Gasteiger partial charge in [-0.2, -0.15) is 0 Å². The zero-order valence-electron chi connectivity index (χ0n) is 32.4. The standard InChI is InChI=1S/C40H66N4O9S/c1-28-11-8-9-12-29(23-36(45)46)13-10-19-43(26-37(47)48)21-22-44(27-38(49)50)20-18-30(28)24-34(39(51)52)33-25-32(16-17-35(33)53-2)42-40(54)41-31-14-6-4-3-5-7-15-31/h16-17,25,28-31,34,38,49-50H,3-15,18-24,26-27H2,1-2H3,(H,45,46)(H,47,48)(H,51,52)(H2,41,42,54)/t28?,29-,30?,34?/m0/s1. The number of anilines is 1. The molecule has 13 nitrogen and oxygen atoms in total. The van der Waals surface area contributed by atoms with Crippen molar-refractivity contribution in [3.8, 4) is 5.75 Å². The number of thiocarbonyl (C=S) groups is 1. The summed E-state index contributed by atoms with van der Waals surface area (Å²) >= 11 is 5.69. The van der Waals surface area contributed by atoms with Gasteiger partial charge >= 0.3 is 17.9 Å². The summed E-state index contributed by atoms with van der Waals surface area (Å²) in [6.45, 7) is 3.68. The molecule has 7 N–H and O–H groups in total. The second-order valence-corrected chi connectivity index (χ2v) is 16.0. The van der Waals surface area contributed by atoms with Crippen molar-refractivity contribution in [3.05, 3.63) is 23.8 Å².